The summed E-state index contributed by atoms with van der Waals surface area (Å²) in [5, 5.41) is 0. The highest BCUT2D eigenvalue weighted by molar-refractivity contribution is 5.76. The molecule has 7 heteroatoms. The van der Waals surface area contributed by atoms with E-state index in [0.717, 1.165) is 5.69 Å². The van der Waals surface area contributed by atoms with Gasteiger partial charge in [-0.15, -0.1) is 0 Å². The molecule has 6 nitrogen and oxygen atoms in total. The van der Waals surface area contributed by atoms with Gasteiger partial charge in [-0.1, -0.05) is 0 Å². The van der Waals surface area contributed by atoms with Crippen LogP contribution in [0.25, 0.3) is 11.6 Å². The van der Waals surface area contributed by atoms with Gasteiger partial charge in [-0.2, -0.15) is 0 Å². The first kappa shape index (κ1) is 20.3. The number of amides is 1. The summed E-state index contributed by atoms with van der Waals surface area (Å²) in [6, 6.07) is 3.55. The minimum Gasteiger partial charge on any atom is -0.372 e. The fourth-order valence-electron chi connectivity index (χ4n) is 3.93. The lowest BCUT2D eigenvalue weighted by atomic mass is 10.2. The average molecular weight is 389 g/mol. The van der Waals surface area contributed by atoms with Crippen molar-refractivity contribution in [2.24, 2.45) is 0 Å². The van der Waals surface area contributed by atoms with Crippen LogP contribution in [0.3, 0.4) is 0 Å². The fourth-order valence-corrected chi connectivity index (χ4v) is 3.93. The van der Waals surface area contributed by atoms with Crippen molar-refractivity contribution >= 4 is 17.5 Å². The molecular formula is C21H28FN3O3. The van der Waals surface area contributed by atoms with Crippen LogP contribution >= 0.6 is 0 Å². The van der Waals surface area contributed by atoms with Crippen LogP contribution in [0.4, 0.5) is 4.39 Å². The molecule has 2 atom stereocenters. The Morgan fingerprint density at radius 3 is 2.64 bits per heavy atom. The molecular weight excluding hydrogens is 361 g/mol. The number of rotatable bonds is 5. The van der Waals surface area contributed by atoms with E-state index in [2.05, 4.69) is 0 Å². The van der Waals surface area contributed by atoms with Gasteiger partial charge in [0, 0.05) is 37.9 Å². The van der Waals surface area contributed by atoms with Gasteiger partial charge in [-0.25, -0.2) is 4.39 Å². The van der Waals surface area contributed by atoms with Crippen molar-refractivity contribution < 1.29 is 13.9 Å². The summed E-state index contributed by atoms with van der Waals surface area (Å²) in [5.74, 6) is -0.301. The lowest BCUT2D eigenvalue weighted by Gasteiger charge is -2.35. The molecule has 0 aromatic carbocycles. The lowest BCUT2D eigenvalue weighted by Crippen LogP contribution is -2.48. The molecule has 3 rings (SSSR count). The number of nitrogens with zero attached hydrogens (tertiary/aromatic N) is 3. The van der Waals surface area contributed by atoms with Crippen LogP contribution in [-0.4, -0.2) is 45.1 Å². The van der Waals surface area contributed by atoms with E-state index in [4.69, 9.17) is 4.74 Å². The summed E-state index contributed by atoms with van der Waals surface area (Å²) < 4.78 is 22.7. The van der Waals surface area contributed by atoms with Crippen LogP contribution in [0.5, 0.6) is 0 Å². The van der Waals surface area contributed by atoms with E-state index >= 15 is 0 Å². The average Bonchev–Trinajstić information content (AvgIpc) is 3.11. The van der Waals surface area contributed by atoms with E-state index < -0.39 is 0 Å². The fraction of sp³-hybridized carbons (Fsp3) is 0.524. The van der Waals surface area contributed by atoms with E-state index in [-0.39, 0.29) is 29.5 Å². The van der Waals surface area contributed by atoms with Crippen molar-refractivity contribution in [1.82, 2.24) is 13.9 Å². The number of hydrogen-bond donors (Lipinski definition) is 0. The number of allylic oxidation sites excluding steroid dienone is 1. The van der Waals surface area contributed by atoms with E-state index in [1.165, 1.54) is 13.0 Å². The Balaban J connectivity index is 1.78. The summed E-state index contributed by atoms with van der Waals surface area (Å²) in [5.41, 5.74) is 1.70. The van der Waals surface area contributed by atoms with Crippen LogP contribution < -0.4 is 5.56 Å². The molecule has 0 saturated carbocycles. The second-order valence-corrected chi connectivity index (χ2v) is 7.58. The summed E-state index contributed by atoms with van der Waals surface area (Å²) in [7, 11) is 0. The van der Waals surface area contributed by atoms with Gasteiger partial charge in [0.15, 0.2) is 0 Å². The summed E-state index contributed by atoms with van der Waals surface area (Å²) in [4.78, 5) is 27.3. The molecule has 152 valence electrons. The number of carbonyl (C=O) groups excluding carboxylic acids is 1. The van der Waals surface area contributed by atoms with Gasteiger partial charge in [-0.3, -0.25) is 9.59 Å². The number of fused-ring (bicyclic) bond motifs is 1. The molecule has 1 aliphatic rings. The smallest absolute Gasteiger partial charge is 0.275 e. The van der Waals surface area contributed by atoms with Crippen molar-refractivity contribution in [2.45, 2.75) is 59.3 Å². The SMILES string of the molecule is C/C(F)=C\c1c(C)n2cccc2c(=O)n1CCCC(=O)N1C[C@H](C)O[C@@H](C)C1. The third kappa shape index (κ3) is 4.19. The quantitative estimate of drug-likeness (QED) is 0.789. The number of morpholine rings is 1. The van der Waals surface area contributed by atoms with Crippen LogP contribution in [0, 0.1) is 6.92 Å². The van der Waals surface area contributed by atoms with Gasteiger partial charge in [0.25, 0.3) is 5.56 Å². The Morgan fingerprint density at radius 2 is 2.00 bits per heavy atom. The second kappa shape index (κ2) is 8.31. The highest BCUT2D eigenvalue weighted by Gasteiger charge is 2.25. The van der Waals surface area contributed by atoms with Crippen molar-refractivity contribution in [3.8, 4) is 0 Å². The number of aromatic nitrogens is 2. The number of halogens is 1. The Hall–Kier alpha value is -2.41. The van der Waals surface area contributed by atoms with Crippen LogP contribution in [-0.2, 0) is 16.1 Å². The Morgan fingerprint density at radius 1 is 1.32 bits per heavy atom. The zero-order chi connectivity index (χ0) is 20.4. The van der Waals surface area contributed by atoms with Crippen LogP contribution in [0.15, 0.2) is 29.0 Å². The van der Waals surface area contributed by atoms with Crippen molar-refractivity contribution in [2.75, 3.05) is 13.1 Å². The van der Waals surface area contributed by atoms with Gasteiger partial charge < -0.3 is 18.6 Å². The summed E-state index contributed by atoms with van der Waals surface area (Å²) in [6.07, 6.45) is 4.09. The monoisotopic (exact) mass is 389 g/mol. The molecule has 0 bridgehead atoms. The first-order chi connectivity index (χ1) is 13.3. The normalized spacial score (nSPS) is 20.8. The molecule has 2 aromatic heterocycles. The zero-order valence-corrected chi connectivity index (χ0v) is 16.9. The molecule has 1 fully saturated rings. The molecule has 0 radical (unpaired) electrons. The van der Waals surface area contributed by atoms with E-state index in [1.807, 2.05) is 25.7 Å². The maximum absolute atomic E-state index is 13.6. The predicted octanol–water partition coefficient (Wildman–Crippen LogP) is 3.16. The molecule has 1 saturated heterocycles. The molecule has 28 heavy (non-hydrogen) atoms. The van der Waals surface area contributed by atoms with Crippen molar-refractivity contribution in [3.05, 3.63) is 45.9 Å². The molecule has 1 aliphatic heterocycles. The van der Waals surface area contributed by atoms with E-state index in [1.54, 1.807) is 27.3 Å². The largest absolute Gasteiger partial charge is 0.372 e. The van der Waals surface area contributed by atoms with Crippen LogP contribution in [0.2, 0.25) is 0 Å². The van der Waals surface area contributed by atoms with Crippen molar-refractivity contribution in [3.63, 3.8) is 0 Å². The van der Waals surface area contributed by atoms with Gasteiger partial charge >= 0.3 is 0 Å². The third-order valence-electron chi connectivity index (χ3n) is 5.12. The topological polar surface area (TPSA) is 56.0 Å². The van der Waals surface area contributed by atoms with E-state index in [9.17, 15) is 14.0 Å². The van der Waals surface area contributed by atoms with Gasteiger partial charge in [0.2, 0.25) is 5.91 Å². The maximum Gasteiger partial charge on any atom is 0.275 e. The number of ether oxygens (including phenoxy) is 1. The molecule has 2 aromatic rings. The number of carbonyl (C=O) groups is 1. The second-order valence-electron chi connectivity index (χ2n) is 7.58. The van der Waals surface area contributed by atoms with Gasteiger partial charge in [-0.05, 0) is 52.3 Å². The van der Waals surface area contributed by atoms with Gasteiger partial charge in [0.05, 0.1) is 23.7 Å². The zero-order valence-electron chi connectivity index (χ0n) is 16.9. The molecule has 3 heterocycles. The standard InChI is InChI=1S/C21H28FN3O3/c1-14(22)11-19-17(4)24-9-5-7-18(24)21(27)25(19)10-6-8-20(26)23-12-15(2)28-16(3)13-23/h5,7,9,11,15-16H,6,8,10,12-13H2,1-4H3/b14-11+/t15-,16-/m0/s1. The Bertz CT molecular complexity index is 946. The van der Waals surface area contributed by atoms with E-state index in [0.29, 0.717) is 43.7 Å². The summed E-state index contributed by atoms with van der Waals surface area (Å²) >= 11 is 0. The molecule has 0 aliphatic carbocycles. The minimum absolute atomic E-state index is 0.0269. The Kier molecular flexibility index (Phi) is 6.03. The number of hydrogen-bond acceptors (Lipinski definition) is 3. The highest BCUT2D eigenvalue weighted by atomic mass is 19.1. The minimum atomic E-state index is -0.366. The van der Waals surface area contributed by atoms with Crippen LogP contribution in [0.1, 0.15) is 45.0 Å². The highest BCUT2D eigenvalue weighted by Crippen LogP contribution is 2.16. The third-order valence-corrected chi connectivity index (χ3v) is 5.12. The first-order valence-electron chi connectivity index (χ1n) is 9.75. The lowest BCUT2D eigenvalue weighted by molar-refractivity contribution is -0.143. The van der Waals surface area contributed by atoms with Crippen molar-refractivity contribution in [1.29, 1.82) is 0 Å². The molecule has 1 amide bonds. The molecule has 0 spiro atoms. The Labute approximate surface area is 164 Å². The molecule has 0 N–H and O–H groups in total. The summed E-state index contributed by atoms with van der Waals surface area (Å²) in [6.45, 7) is 8.69. The van der Waals surface area contributed by atoms with Gasteiger partial charge in [0.1, 0.15) is 5.52 Å². The predicted molar refractivity (Wildman–Crippen MR) is 107 cm³/mol. The first-order valence-corrected chi connectivity index (χ1v) is 9.75. The number of aryl methyl sites for hydroxylation is 1. The maximum atomic E-state index is 13.6. The molecule has 0 unspecified atom stereocenters.